The summed E-state index contributed by atoms with van der Waals surface area (Å²) in [7, 11) is 0. The number of carbonyl (C=O) groups is 1. The fraction of sp³-hybridized carbons (Fsp3) is 0.300. The monoisotopic (exact) mass is 164 g/mol. The third kappa shape index (κ3) is 1.24. The normalized spacial score (nSPS) is 17.6. The first-order chi connectivity index (χ1) is 5.75. The largest absolute Gasteiger partial charge is 0.300 e. The number of halogens is 1. The first kappa shape index (κ1) is 7.47. The van der Waals surface area contributed by atoms with Gasteiger partial charge in [0, 0.05) is 12.8 Å². The van der Waals surface area contributed by atoms with Crippen LogP contribution in [0.2, 0.25) is 0 Å². The van der Waals surface area contributed by atoms with Gasteiger partial charge in [0.25, 0.3) is 0 Å². The summed E-state index contributed by atoms with van der Waals surface area (Å²) < 4.78 is 12.7. The summed E-state index contributed by atoms with van der Waals surface area (Å²) in [6, 6.07) is 6.49. The fourth-order valence-electron chi connectivity index (χ4n) is 1.49. The van der Waals surface area contributed by atoms with Gasteiger partial charge < -0.3 is 0 Å². The van der Waals surface area contributed by atoms with Gasteiger partial charge in [-0.15, -0.1) is 0 Å². The lowest BCUT2D eigenvalue weighted by atomic mass is 9.79. The predicted octanol–water partition coefficient (Wildman–Crippen LogP) is 2.27. The van der Waals surface area contributed by atoms with E-state index in [9.17, 15) is 9.18 Å². The number of Topliss-reactive ketones (excluding diaryl/α,β-unsaturated/α-hetero) is 1. The first-order valence-electron chi connectivity index (χ1n) is 4.03. The molecule has 1 nitrogen and oxygen atoms in total. The summed E-state index contributed by atoms with van der Waals surface area (Å²) in [5.41, 5.74) is 0.953. The molecule has 2 heteroatoms. The molecule has 0 atom stereocenters. The Morgan fingerprint density at radius 1 is 1.33 bits per heavy atom. The number of benzene rings is 1. The molecule has 1 aliphatic carbocycles. The third-order valence-electron chi connectivity index (χ3n) is 2.27. The first-order valence-corrected chi connectivity index (χ1v) is 4.03. The minimum Gasteiger partial charge on any atom is -0.300 e. The van der Waals surface area contributed by atoms with Gasteiger partial charge in [-0.2, -0.15) is 0 Å². The van der Waals surface area contributed by atoms with E-state index in [0.717, 1.165) is 5.56 Å². The second-order valence-corrected chi connectivity index (χ2v) is 3.20. The summed E-state index contributed by atoms with van der Waals surface area (Å²) in [6.07, 6.45) is 1.17. The van der Waals surface area contributed by atoms with Crippen molar-refractivity contribution in [2.45, 2.75) is 18.8 Å². The summed E-state index contributed by atoms with van der Waals surface area (Å²) in [4.78, 5) is 10.7. The standard InChI is InChI=1S/C10H9FO/c11-9-3-1-2-7(4-9)8-5-10(12)6-8/h1-4,8H,5-6H2. The highest BCUT2D eigenvalue weighted by Crippen LogP contribution is 2.33. The number of carbonyl (C=O) groups excluding carboxylic acids is 1. The van der Waals surface area contributed by atoms with Gasteiger partial charge in [0.1, 0.15) is 11.6 Å². The van der Waals surface area contributed by atoms with Crippen LogP contribution in [0.3, 0.4) is 0 Å². The lowest BCUT2D eigenvalue weighted by molar-refractivity contribution is -0.124. The quantitative estimate of drug-likeness (QED) is 0.622. The summed E-state index contributed by atoms with van der Waals surface area (Å²) in [5.74, 6) is 0.337. The predicted molar refractivity (Wildman–Crippen MR) is 43.4 cm³/mol. The molecule has 1 aromatic carbocycles. The Morgan fingerprint density at radius 2 is 2.08 bits per heavy atom. The molecule has 0 aromatic heterocycles. The molecule has 0 aliphatic heterocycles. The highest BCUT2D eigenvalue weighted by molar-refractivity contribution is 5.86. The van der Waals surface area contributed by atoms with Crippen LogP contribution in [0, 0.1) is 5.82 Å². The summed E-state index contributed by atoms with van der Waals surface area (Å²) in [5, 5.41) is 0. The molecule has 1 aliphatic rings. The van der Waals surface area contributed by atoms with Crippen molar-refractivity contribution in [2.24, 2.45) is 0 Å². The lowest BCUT2D eigenvalue weighted by Crippen LogP contribution is -2.21. The lowest BCUT2D eigenvalue weighted by Gasteiger charge is -2.24. The van der Waals surface area contributed by atoms with Crippen LogP contribution in [0.1, 0.15) is 24.3 Å². The molecule has 0 radical (unpaired) electrons. The van der Waals surface area contributed by atoms with Gasteiger partial charge in [-0.25, -0.2) is 4.39 Å². The average molecular weight is 164 g/mol. The Morgan fingerprint density at radius 3 is 2.67 bits per heavy atom. The zero-order valence-corrected chi connectivity index (χ0v) is 6.59. The Bertz CT molecular complexity index is 311. The van der Waals surface area contributed by atoms with Gasteiger partial charge in [-0.3, -0.25) is 4.79 Å². The molecule has 0 bridgehead atoms. The molecule has 0 unspecified atom stereocenters. The van der Waals surface area contributed by atoms with Gasteiger partial charge in [0.2, 0.25) is 0 Å². The Kier molecular flexibility index (Phi) is 1.68. The number of hydrogen-bond donors (Lipinski definition) is 0. The minimum atomic E-state index is -0.216. The van der Waals surface area contributed by atoms with E-state index in [4.69, 9.17) is 0 Å². The van der Waals surface area contributed by atoms with Crippen molar-refractivity contribution < 1.29 is 9.18 Å². The fourth-order valence-corrected chi connectivity index (χ4v) is 1.49. The highest BCUT2D eigenvalue weighted by Gasteiger charge is 2.27. The van der Waals surface area contributed by atoms with Crippen LogP contribution in [0.4, 0.5) is 4.39 Å². The zero-order valence-electron chi connectivity index (χ0n) is 6.59. The molecule has 2 rings (SSSR count). The molecule has 0 heterocycles. The third-order valence-corrected chi connectivity index (χ3v) is 2.27. The molecule has 1 fully saturated rings. The maximum absolute atomic E-state index is 12.7. The van der Waals surface area contributed by atoms with E-state index in [-0.39, 0.29) is 17.5 Å². The maximum atomic E-state index is 12.7. The van der Waals surface area contributed by atoms with E-state index in [0.29, 0.717) is 12.8 Å². The van der Waals surface area contributed by atoms with Gasteiger partial charge in [-0.1, -0.05) is 12.1 Å². The molecule has 1 saturated carbocycles. The van der Waals surface area contributed by atoms with E-state index in [1.165, 1.54) is 12.1 Å². The molecular weight excluding hydrogens is 155 g/mol. The van der Waals surface area contributed by atoms with Crippen LogP contribution in [-0.4, -0.2) is 5.78 Å². The summed E-state index contributed by atoms with van der Waals surface area (Å²) in [6.45, 7) is 0. The van der Waals surface area contributed by atoms with Crippen LogP contribution in [0.15, 0.2) is 24.3 Å². The molecule has 0 N–H and O–H groups in total. The molecule has 62 valence electrons. The number of rotatable bonds is 1. The zero-order chi connectivity index (χ0) is 8.55. The Hall–Kier alpha value is -1.18. The van der Waals surface area contributed by atoms with Crippen molar-refractivity contribution in [2.75, 3.05) is 0 Å². The van der Waals surface area contributed by atoms with E-state index < -0.39 is 0 Å². The van der Waals surface area contributed by atoms with E-state index in [2.05, 4.69) is 0 Å². The van der Waals surface area contributed by atoms with Crippen molar-refractivity contribution in [1.82, 2.24) is 0 Å². The second-order valence-electron chi connectivity index (χ2n) is 3.20. The van der Waals surface area contributed by atoms with Crippen molar-refractivity contribution >= 4 is 5.78 Å². The second kappa shape index (κ2) is 2.70. The smallest absolute Gasteiger partial charge is 0.134 e. The van der Waals surface area contributed by atoms with E-state index >= 15 is 0 Å². The highest BCUT2D eigenvalue weighted by atomic mass is 19.1. The van der Waals surface area contributed by atoms with Crippen molar-refractivity contribution in [1.29, 1.82) is 0 Å². The van der Waals surface area contributed by atoms with Crippen LogP contribution >= 0.6 is 0 Å². The van der Waals surface area contributed by atoms with Crippen molar-refractivity contribution in [3.05, 3.63) is 35.6 Å². The topological polar surface area (TPSA) is 17.1 Å². The van der Waals surface area contributed by atoms with Gasteiger partial charge in [0.15, 0.2) is 0 Å². The SMILES string of the molecule is O=C1CC(c2cccc(F)c2)C1. The Balaban J connectivity index is 2.18. The van der Waals surface area contributed by atoms with E-state index in [1.807, 2.05) is 6.07 Å². The van der Waals surface area contributed by atoms with Crippen LogP contribution < -0.4 is 0 Å². The molecule has 1 aromatic rings. The average Bonchev–Trinajstić information content (AvgIpc) is 1.99. The van der Waals surface area contributed by atoms with Gasteiger partial charge >= 0.3 is 0 Å². The molecule has 0 amide bonds. The minimum absolute atomic E-state index is 0.216. The van der Waals surface area contributed by atoms with Gasteiger partial charge in [-0.05, 0) is 23.6 Å². The molecule has 0 saturated heterocycles. The Labute approximate surface area is 70.2 Å². The molecular formula is C10H9FO. The van der Waals surface area contributed by atoms with Crippen molar-refractivity contribution in [3.63, 3.8) is 0 Å². The van der Waals surface area contributed by atoms with Crippen molar-refractivity contribution in [3.8, 4) is 0 Å². The molecule has 12 heavy (non-hydrogen) atoms. The van der Waals surface area contributed by atoms with Gasteiger partial charge in [0.05, 0.1) is 0 Å². The molecule has 0 spiro atoms. The van der Waals surface area contributed by atoms with Crippen LogP contribution in [-0.2, 0) is 4.79 Å². The number of hydrogen-bond acceptors (Lipinski definition) is 1. The van der Waals surface area contributed by atoms with Crippen LogP contribution in [0.25, 0.3) is 0 Å². The van der Waals surface area contributed by atoms with Crippen LogP contribution in [0.5, 0.6) is 0 Å². The number of ketones is 1. The summed E-state index contributed by atoms with van der Waals surface area (Å²) >= 11 is 0. The maximum Gasteiger partial charge on any atom is 0.134 e. The van der Waals surface area contributed by atoms with E-state index in [1.54, 1.807) is 6.07 Å².